The maximum absolute atomic E-state index is 6.04. The van der Waals surface area contributed by atoms with Gasteiger partial charge in [0.05, 0.1) is 17.6 Å². The molecule has 0 amide bonds. The molecule has 0 N–H and O–H groups in total. The van der Waals surface area contributed by atoms with E-state index in [0.29, 0.717) is 6.61 Å². The molecule has 0 aliphatic heterocycles. The minimum atomic E-state index is 0.676. The van der Waals surface area contributed by atoms with Gasteiger partial charge in [0.1, 0.15) is 0 Å². The van der Waals surface area contributed by atoms with E-state index in [1.807, 2.05) is 18.2 Å². The highest BCUT2D eigenvalue weighted by Crippen LogP contribution is 2.26. The lowest BCUT2D eigenvalue weighted by atomic mass is 10.3. The third-order valence-electron chi connectivity index (χ3n) is 2.96. The Morgan fingerprint density at radius 1 is 1.40 bits per heavy atom. The maximum atomic E-state index is 6.04. The molecule has 0 saturated carbocycles. The molecule has 0 fully saturated rings. The molecule has 0 aliphatic rings. The molecule has 0 radical (unpaired) electrons. The van der Waals surface area contributed by atoms with Crippen molar-refractivity contribution in [1.82, 2.24) is 14.5 Å². The molecule has 1 aromatic heterocycles. The average Bonchev–Trinajstić information content (AvgIpc) is 2.72. The molecule has 0 saturated heterocycles. The van der Waals surface area contributed by atoms with E-state index < -0.39 is 0 Å². The zero-order valence-corrected chi connectivity index (χ0v) is 13.7. The summed E-state index contributed by atoms with van der Waals surface area (Å²) < 4.78 is 7.40. The second-order valence-electron chi connectivity index (χ2n) is 4.82. The molecule has 20 heavy (non-hydrogen) atoms. The molecule has 0 spiro atoms. The van der Waals surface area contributed by atoms with E-state index in [-0.39, 0.29) is 0 Å². The van der Waals surface area contributed by atoms with E-state index in [1.54, 1.807) is 18.9 Å². The van der Waals surface area contributed by atoms with E-state index in [1.165, 1.54) is 0 Å². The number of hydrogen-bond donors (Lipinski definition) is 0. The van der Waals surface area contributed by atoms with Crippen molar-refractivity contribution in [2.24, 2.45) is 0 Å². The average molecular weight is 314 g/mol. The van der Waals surface area contributed by atoms with Crippen molar-refractivity contribution in [3.8, 4) is 0 Å². The third-order valence-corrected chi connectivity index (χ3v) is 4.16. The van der Waals surface area contributed by atoms with Crippen LogP contribution in [0.15, 0.2) is 23.4 Å². The van der Waals surface area contributed by atoms with Gasteiger partial charge in [0.15, 0.2) is 5.16 Å². The fourth-order valence-corrected chi connectivity index (χ4v) is 3.22. The van der Waals surface area contributed by atoms with E-state index >= 15 is 0 Å². The molecule has 6 heteroatoms. The summed E-state index contributed by atoms with van der Waals surface area (Å²) in [7, 11) is 5.87. The number of methoxy groups -OCH3 is 1. The summed E-state index contributed by atoms with van der Waals surface area (Å²) in [5, 5.41) is 1.75. The third kappa shape index (κ3) is 3.88. The fraction of sp³-hybridized carbons (Fsp3) is 0.500. The van der Waals surface area contributed by atoms with Crippen molar-refractivity contribution < 1.29 is 4.74 Å². The first-order chi connectivity index (χ1) is 9.61. The van der Waals surface area contributed by atoms with Gasteiger partial charge in [0.25, 0.3) is 0 Å². The lowest BCUT2D eigenvalue weighted by Gasteiger charge is -2.10. The highest BCUT2D eigenvalue weighted by Gasteiger charge is 2.11. The van der Waals surface area contributed by atoms with Crippen molar-refractivity contribution in [3.05, 3.63) is 23.2 Å². The lowest BCUT2D eigenvalue weighted by molar-refractivity contribution is 0.186. The smallest absolute Gasteiger partial charge is 0.169 e. The van der Waals surface area contributed by atoms with Crippen LogP contribution in [-0.2, 0) is 11.3 Å². The molecule has 4 nitrogen and oxygen atoms in total. The SMILES string of the molecule is COCCn1c(SCCN(C)C)nc2cc(Cl)ccc21. The molecule has 1 aromatic carbocycles. The van der Waals surface area contributed by atoms with E-state index in [0.717, 1.165) is 40.1 Å². The van der Waals surface area contributed by atoms with E-state index in [2.05, 4.69) is 23.6 Å². The monoisotopic (exact) mass is 313 g/mol. The molecule has 0 unspecified atom stereocenters. The first-order valence-corrected chi connectivity index (χ1v) is 7.90. The number of fused-ring (bicyclic) bond motifs is 1. The summed E-state index contributed by atoms with van der Waals surface area (Å²) in [4.78, 5) is 6.86. The van der Waals surface area contributed by atoms with E-state index in [4.69, 9.17) is 21.3 Å². The van der Waals surface area contributed by atoms with Crippen molar-refractivity contribution >= 4 is 34.4 Å². The lowest BCUT2D eigenvalue weighted by Crippen LogP contribution is -2.15. The Balaban J connectivity index is 2.25. The summed E-state index contributed by atoms with van der Waals surface area (Å²) in [5.74, 6) is 1.01. The van der Waals surface area contributed by atoms with Crippen LogP contribution in [0.1, 0.15) is 0 Å². The fourth-order valence-electron chi connectivity index (χ4n) is 1.91. The first kappa shape index (κ1) is 15.6. The van der Waals surface area contributed by atoms with Crippen LogP contribution < -0.4 is 0 Å². The zero-order valence-electron chi connectivity index (χ0n) is 12.1. The summed E-state index contributed by atoms with van der Waals surface area (Å²) >= 11 is 7.81. The molecule has 110 valence electrons. The minimum absolute atomic E-state index is 0.676. The Bertz CT molecular complexity index is 571. The topological polar surface area (TPSA) is 30.3 Å². The van der Waals surface area contributed by atoms with E-state index in [9.17, 15) is 0 Å². The van der Waals surface area contributed by atoms with Crippen LogP contribution >= 0.6 is 23.4 Å². The van der Waals surface area contributed by atoms with Gasteiger partial charge in [-0.15, -0.1) is 0 Å². The van der Waals surface area contributed by atoms with Crippen LogP contribution in [0.3, 0.4) is 0 Å². The Labute approximate surface area is 129 Å². The number of aromatic nitrogens is 2. The van der Waals surface area contributed by atoms with Gasteiger partial charge >= 0.3 is 0 Å². The zero-order chi connectivity index (χ0) is 14.5. The molecule has 2 aromatic rings. The van der Waals surface area contributed by atoms with Gasteiger partial charge in [0, 0.05) is 31.0 Å². The van der Waals surface area contributed by atoms with Crippen LogP contribution in [0.25, 0.3) is 11.0 Å². The van der Waals surface area contributed by atoms with Crippen molar-refractivity contribution in [1.29, 1.82) is 0 Å². The molecule has 2 rings (SSSR count). The van der Waals surface area contributed by atoms with Gasteiger partial charge in [-0.05, 0) is 32.3 Å². The Kier molecular flexibility index (Phi) is 5.72. The van der Waals surface area contributed by atoms with Crippen LogP contribution in [0.2, 0.25) is 5.02 Å². The maximum Gasteiger partial charge on any atom is 0.169 e. The van der Waals surface area contributed by atoms with Crippen molar-refractivity contribution in [2.75, 3.05) is 40.1 Å². The second kappa shape index (κ2) is 7.31. The number of hydrogen-bond acceptors (Lipinski definition) is 4. The van der Waals surface area contributed by atoms with Gasteiger partial charge < -0.3 is 14.2 Å². The molecular formula is C14H20ClN3OS. The largest absolute Gasteiger partial charge is 0.383 e. The normalized spacial score (nSPS) is 11.7. The summed E-state index contributed by atoms with van der Waals surface area (Å²) in [5.41, 5.74) is 2.06. The van der Waals surface area contributed by atoms with Gasteiger partial charge in [0.2, 0.25) is 0 Å². The Morgan fingerprint density at radius 3 is 2.90 bits per heavy atom. The van der Waals surface area contributed by atoms with Crippen molar-refractivity contribution in [3.63, 3.8) is 0 Å². The number of halogens is 1. The molecular weight excluding hydrogens is 294 g/mol. The number of ether oxygens (including phenoxy) is 1. The Morgan fingerprint density at radius 2 is 2.20 bits per heavy atom. The molecule has 1 heterocycles. The van der Waals surface area contributed by atoms with Crippen LogP contribution in [0.5, 0.6) is 0 Å². The predicted molar refractivity (Wildman–Crippen MR) is 85.9 cm³/mol. The number of benzene rings is 1. The highest BCUT2D eigenvalue weighted by atomic mass is 35.5. The molecule has 0 atom stereocenters. The number of rotatable bonds is 7. The van der Waals surface area contributed by atoms with Gasteiger partial charge in [-0.3, -0.25) is 0 Å². The van der Waals surface area contributed by atoms with Crippen LogP contribution in [0, 0.1) is 0 Å². The van der Waals surface area contributed by atoms with Crippen LogP contribution in [-0.4, -0.2) is 54.6 Å². The minimum Gasteiger partial charge on any atom is -0.383 e. The second-order valence-corrected chi connectivity index (χ2v) is 6.32. The summed E-state index contributed by atoms with van der Waals surface area (Å²) in [6, 6.07) is 5.84. The molecule has 0 bridgehead atoms. The van der Waals surface area contributed by atoms with Gasteiger partial charge in [-0.25, -0.2) is 4.98 Å². The summed E-state index contributed by atoms with van der Waals surface area (Å²) in [6.45, 7) is 2.51. The standard InChI is InChI=1S/C14H20ClN3OS/c1-17(2)7-9-20-14-16-12-10-11(15)4-5-13(12)18(14)6-8-19-3/h4-5,10H,6-9H2,1-3H3. The number of imidazole rings is 1. The van der Waals surface area contributed by atoms with Crippen LogP contribution in [0.4, 0.5) is 0 Å². The number of nitrogens with zero attached hydrogens (tertiary/aromatic N) is 3. The molecule has 0 aliphatic carbocycles. The van der Waals surface area contributed by atoms with Gasteiger partial charge in [-0.2, -0.15) is 0 Å². The number of thioether (sulfide) groups is 1. The predicted octanol–water partition coefficient (Wildman–Crippen LogP) is 2.99. The summed E-state index contributed by atoms with van der Waals surface area (Å²) in [6.07, 6.45) is 0. The quantitative estimate of drug-likeness (QED) is 0.735. The highest BCUT2D eigenvalue weighted by molar-refractivity contribution is 7.99. The Hall–Kier alpha value is -0.750. The first-order valence-electron chi connectivity index (χ1n) is 6.54. The van der Waals surface area contributed by atoms with Crippen molar-refractivity contribution in [2.45, 2.75) is 11.7 Å². The van der Waals surface area contributed by atoms with Gasteiger partial charge in [-0.1, -0.05) is 23.4 Å².